The minimum Gasteiger partial charge on any atom is -0.465 e. The summed E-state index contributed by atoms with van der Waals surface area (Å²) in [7, 11) is 0. The van der Waals surface area contributed by atoms with Crippen molar-refractivity contribution < 1.29 is 114 Å². The molecule has 540 valence electrons. The monoisotopic (exact) mass is 1360 g/mol. The Labute approximate surface area is 565 Å². The standard InChI is InChI=1S/C16H24O4.C15H22O4.C14H22O6.C14H20O4.C13H20O6/c1-6-15(2,3)14(18)20-11-9-7-8-10(16(9,4)5)12(11)19-13(8)17;1-5-14(2,3)13(17)18-11-8-6-9-10(7-8)15(11,4)19-12(9)16;1-6-13(2,3)11(16)20-14(4,5)12(17)19-9-7-8-18-10(9)15;1-4-14(2,3)13(16)18-10-7-5-8-9(6-7)12(15)17-11(8)10;1-4-13(2,3)12(16)18-8-6-10(14)19-9-5-7-17-11(9)15/h8-12H,6-7H2,1-5H3;8-11H,5-7H2,1-4H3;9H,6-8H2,1-5H3;7-11H,4-6H2,1-3H3;9H,4-8H2,1-3H3. The molecule has 17 atom stereocenters. The lowest BCUT2D eigenvalue weighted by Gasteiger charge is -2.36. The van der Waals surface area contributed by atoms with Crippen molar-refractivity contribution in [3.8, 4) is 0 Å². The predicted octanol–water partition coefficient (Wildman–Crippen LogP) is 9.59. The molecule has 0 aromatic heterocycles. The Hall–Kier alpha value is -6.36. The van der Waals surface area contributed by atoms with Gasteiger partial charge in [0.2, 0.25) is 17.8 Å². The summed E-state index contributed by atoms with van der Waals surface area (Å²) in [5.74, 6) is -2.23. The molecule has 5 heterocycles. The summed E-state index contributed by atoms with van der Waals surface area (Å²) in [5, 5.41) is 0. The number of ether oxygens (including phenoxy) is 12. The van der Waals surface area contributed by atoms with Gasteiger partial charge in [0, 0.05) is 48.3 Å². The molecule has 11 fully saturated rings. The quantitative estimate of drug-likeness (QED) is 0.0808. The van der Waals surface area contributed by atoms with Crippen LogP contribution in [-0.4, -0.2) is 145 Å². The molecule has 5 aliphatic heterocycles. The molecule has 0 radical (unpaired) electrons. The van der Waals surface area contributed by atoms with Gasteiger partial charge in [0.05, 0.1) is 64.5 Å². The van der Waals surface area contributed by atoms with Crippen LogP contribution in [0.4, 0.5) is 0 Å². The first kappa shape index (κ1) is 77.0. The lowest BCUT2D eigenvalue weighted by Crippen LogP contribution is -2.47. The van der Waals surface area contributed by atoms with Crippen molar-refractivity contribution in [2.45, 2.75) is 276 Å². The van der Waals surface area contributed by atoms with Crippen molar-refractivity contribution in [2.75, 3.05) is 19.8 Å². The predicted molar refractivity (Wildman–Crippen MR) is 339 cm³/mol. The van der Waals surface area contributed by atoms with Gasteiger partial charge in [0.25, 0.3) is 0 Å². The average molecular weight is 1360 g/mol. The van der Waals surface area contributed by atoms with Crippen LogP contribution in [0.2, 0.25) is 0 Å². The van der Waals surface area contributed by atoms with Crippen LogP contribution in [0.1, 0.15) is 222 Å². The zero-order valence-corrected chi connectivity index (χ0v) is 60.3. The molecule has 11 aliphatic rings. The Morgan fingerprint density at radius 2 is 0.927 bits per heavy atom. The fraction of sp³-hybridized carbons (Fsp3) is 0.833. The second-order valence-corrected chi connectivity index (χ2v) is 32.5. The van der Waals surface area contributed by atoms with Crippen molar-refractivity contribution in [1.82, 2.24) is 0 Å². The highest BCUT2D eigenvalue weighted by Gasteiger charge is 2.73. The number of hydrogen-bond acceptors (Lipinski definition) is 24. The van der Waals surface area contributed by atoms with Gasteiger partial charge >= 0.3 is 71.6 Å². The molecule has 5 saturated heterocycles. The molecule has 0 aromatic carbocycles. The molecule has 6 aliphatic carbocycles. The van der Waals surface area contributed by atoms with E-state index in [1.807, 2.05) is 83.1 Å². The first-order valence-electron chi connectivity index (χ1n) is 34.8. The largest absolute Gasteiger partial charge is 0.465 e. The maximum absolute atomic E-state index is 12.3. The Bertz CT molecular complexity index is 2990. The molecule has 0 spiro atoms. The zero-order valence-electron chi connectivity index (χ0n) is 60.3. The molecular weight excluding hydrogens is 1250 g/mol. The molecule has 96 heavy (non-hydrogen) atoms. The van der Waals surface area contributed by atoms with Crippen molar-refractivity contribution in [3.05, 3.63) is 0 Å². The minimum atomic E-state index is -1.44. The highest BCUT2D eigenvalue weighted by molar-refractivity contribution is 5.87. The number of hydrogen-bond donors (Lipinski definition) is 0. The third kappa shape index (κ3) is 15.7. The van der Waals surface area contributed by atoms with Gasteiger partial charge in [-0.05, 0) is 160 Å². The Balaban J connectivity index is 0.000000169. The third-order valence-electron chi connectivity index (χ3n) is 23.3. The number of carbonyl (C=O) groups is 12. The van der Waals surface area contributed by atoms with E-state index in [9.17, 15) is 57.5 Å². The highest BCUT2D eigenvalue weighted by Crippen LogP contribution is 2.66. The number of cyclic esters (lactones) is 2. The van der Waals surface area contributed by atoms with E-state index in [0.29, 0.717) is 43.4 Å². The van der Waals surface area contributed by atoms with Crippen LogP contribution in [0.5, 0.6) is 0 Å². The molecule has 24 heteroatoms. The topological polar surface area (TPSA) is 316 Å². The molecule has 11 rings (SSSR count). The Kier molecular flexibility index (Phi) is 23.1. The number of fused-ring (bicyclic) bond motifs is 3. The highest BCUT2D eigenvalue weighted by atomic mass is 16.6. The van der Waals surface area contributed by atoms with Crippen LogP contribution >= 0.6 is 0 Å². The fourth-order valence-corrected chi connectivity index (χ4v) is 14.5. The van der Waals surface area contributed by atoms with Crippen molar-refractivity contribution in [1.29, 1.82) is 0 Å². The van der Waals surface area contributed by atoms with E-state index in [2.05, 4.69) is 18.6 Å². The van der Waals surface area contributed by atoms with E-state index in [0.717, 1.165) is 51.4 Å². The lowest BCUT2D eigenvalue weighted by atomic mass is 9.79. The minimum absolute atomic E-state index is 0.0167. The molecule has 6 saturated carbocycles. The van der Waals surface area contributed by atoms with Gasteiger partial charge in [0.1, 0.15) is 42.7 Å². The lowest BCUT2D eigenvalue weighted by molar-refractivity contribution is -0.188. The summed E-state index contributed by atoms with van der Waals surface area (Å²) >= 11 is 0. The van der Waals surface area contributed by atoms with Crippen LogP contribution in [0.25, 0.3) is 0 Å². The maximum Gasteiger partial charge on any atom is 0.350 e. The summed E-state index contributed by atoms with van der Waals surface area (Å²) in [5.41, 5.74) is -4.64. The first-order valence-corrected chi connectivity index (χ1v) is 34.8. The number of rotatable bonds is 20. The van der Waals surface area contributed by atoms with E-state index in [-0.39, 0.29) is 139 Å². The molecule has 0 amide bonds. The fourth-order valence-electron chi connectivity index (χ4n) is 14.5. The SMILES string of the molecule is CCC(C)(C)C(=O)OC(C)(C)C(=O)OC1CCOC1=O.CCC(C)(C)C(=O)OC1C2CC3C(=O)OC1(C)C3C2.CCC(C)(C)C(=O)OC1C2CC3C(=O)OC1C3C2.CCC(C)(C)C(=O)OC1C2OC(=O)C3CC1C(C)(C)C32.CCC(C)(C)C(=O)OCCC(=O)OC1CCOC1=O. The van der Waals surface area contributed by atoms with E-state index < -0.39 is 80.3 Å². The summed E-state index contributed by atoms with van der Waals surface area (Å²) in [6.07, 6.45) is 5.72. The molecule has 17 unspecified atom stereocenters. The summed E-state index contributed by atoms with van der Waals surface area (Å²) in [6.45, 7) is 37.8. The van der Waals surface area contributed by atoms with Crippen LogP contribution in [0.3, 0.4) is 0 Å². The average Bonchev–Trinajstić information content (AvgIpc) is 1.54. The number of carbonyl (C=O) groups excluding carboxylic acids is 12. The third-order valence-corrected chi connectivity index (χ3v) is 23.3. The van der Waals surface area contributed by atoms with E-state index >= 15 is 0 Å². The van der Waals surface area contributed by atoms with Crippen LogP contribution in [0.15, 0.2) is 0 Å². The Morgan fingerprint density at radius 1 is 0.458 bits per heavy atom. The molecule has 6 bridgehead atoms. The van der Waals surface area contributed by atoms with Gasteiger partial charge in [-0.25, -0.2) is 14.4 Å². The van der Waals surface area contributed by atoms with Crippen molar-refractivity contribution in [3.63, 3.8) is 0 Å². The van der Waals surface area contributed by atoms with Gasteiger partial charge in [0.15, 0.2) is 0 Å². The second kappa shape index (κ2) is 28.8. The zero-order chi connectivity index (χ0) is 72.0. The smallest absolute Gasteiger partial charge is 0.350 e. The van der Waals surface area contributed by atoms with Crippen molar-refractivity contribution >= 4 is 71.6 Å². The van der Waals surface area contributed by atoms with Gasteiger partial charge < -0.3 is 56.8 Å². The van der Waals surface area contributed by atoms with Gasteiger partial charge in [-0.3, -0.25) is 43.2 Å². The molecule has 0 N–H and O–H groups in total. The van der Waals surface area contributed by atoms with E-state index in [1.165, 1.54) is 13.8 Å². The normalized spacial score (nSPS) is 32.6. The summed E-state index contributed by atoms with van der Waals surface area (Å²) < 4.78 is 63.3. The maximum atomic E-state index is 12.3. The van der Waals surface area contributed by atoms with Gasteiger partial charge in [-0.1, -0.05) is 48.5 Å². The van der Waals surface area contributed by atoms with Gasteiger partial charge in [-0.2, -0.15) is 0 Å². The van der Waals surface area contributed by atoms with Gasteiger partial charge in [-0.15, -0.1) is 0 Å². The molecule has 0 aromatic rings. The second-order valence-electron chi connectivity index (χ2n) is 32.5. The van der Waals surface area contributed by atoms with Crippen LogP contribution < -0.4 is 0 Å². The van der Waals surface area contributed by atoms with Crippen LogP contribution in [0, 0.1) is 85.8 Å². The molecule has 24 nitrogen and oxygen atoms in total. The summed E-state index contributed by atoms with van der Waals surface area (Å²) in [4.78, 5) is 141. The molecular formula is C72H108O24. The van der Waals surface area contributed by atoms with Crippen molar-refractivity contribution in [2.24, 2.45) is 85.8 Å². The Morgan fingerprint density at radius 3 is 1.45 bits per heavy atom. The van der Waals surface area contributed by atoms with E-state index in [1.54, 1.807) is 27.7 Å². The summed E-state index contributed by atoms with van der Waals surface area (Å²) in [6, 6.07) is 0. The first-order chi connectivity index (χ1) is 44.4. The number of esters is 12. The van der Waals surface area contributed by atoms with Crippen LogP contribution in [-0.2, 0) is 114 Å². The van der Waals surface area contributed by atoms with E-state index in [4.69, 9.17) is 52.1 Å².